The molecular formula is C23H22Cl2N2O2. The average molecular weight is 429 g/mol. The summed E-state index contributed by atoms with van der Waals surface area (Å²) in [6.07, 6.45) is 0. The number of carbonyl (C=O) groups is 1. The molecule has 29 heavy (non-hydrogen) atoms. The molecule has 3 aromatic carbocycles. The molecule has 0 atom stereocenters. The minimum atomic E-state index is -0.288. The fraction of sp³-hybridized carbons (Fsp3) is 0.174. The first kappa shape index (κ1) is 21.0. The van der Waals surface area contributed by atoms with Crippen LogP contribution < -0.4 is 15.4 Å². The van der Waals surface area contributed by atoms with Gasteiger partial charge in [0, 0.05) is 17.9 Å². The molecule has 3 aromatic rings. The molecule has 0 aliphatic rings. The van der Waals surface area contributed by atoms with Crippen LogP contribution in [0.5, 0.6) is 5.75 Å². The van der Waals surface area contributed by atoms with Crippen LogP contribution in [0.3, 0.4) is 0 Å². The van der Waals surface area contributed by atoms with Crippen molar-refractivity contribution in [3.8, 4) is 5.75 Å². The molecule has 4 nitrogen and oxygen atoms in total. The Morgan fingerprint density at radius 2 is 1.59 bits per heavy atom. The van der Waals surface area contributed by atoms with E-state index in [1.54, 1.807) is 24.3 Å². The molecule has 0 saturated heterocycles. The summed E-state index contributed by atoms with van der Waals surface area (Å²) >= 11 is 12.7. The Hall–Kier alpha value is -2.69. The second-order valence-electron chi connectivity index (χ2n) is 6.74. The zero-order valence-corrected chi connectivity index (χ0v) is 17.8. The topological polar surface area (TPSA) is 50.4 Å². The first-order chi connectivity index (χ1) is 13.9. The number of ether oxygens (including phenoxy) is 1. The van der Waals surface area contributed by atoms with E-state index < -0.39 is 0 Å². The van der Waals surface area contributed by atoms with Crippen LogP contribution >= 0.6 is 23.2 Å². The SMILES string of the molecule is Cc1ccc(NCc2cc(Cl)c(OCC(=O)Nc3ccccc3)c(Cl)c2)cc1C. The van der Waals surface area contributed by atoms with Gasteiger partial charge in [0.15, 0.2) is 12.4 Å². The Labute approximate surface area is 180 Å². The molecule has 0 heterocycles. The third-order valence-corrected chi connectivity index (χ3v) is 5.03. The molecule has 0 aromatic heterocycles. The monoisotopic (exact) mass is 428 g/mol. The highest BCUT2D eigenvalue weighted by Crippen LogP contribution is 2.34. The van der Waals surface area contributed by atoms with E-state index in [1.165, 1.54) is 11.1 Å². The van der Waals surface area contributed by atoms with Crippen LogP contribution in [0.25, 0.3) is 0 Å². The number of amides is 1. The molecule has 3 rings (SSSR count). The second-order valence-corrected chi connectivity index (χ2v) is 7.56. The van der Waals surface area contributed by atoms with E-state index in [9.17, 15) is 4.79 Å². The van der Waals surface area contributed by atoms with E-state index in [1.807, 2.05) is 24.3 Å². The summed E-state index contributed by atoms with van der Waals surface area (Å²) in [5.41, 5.74) is 5.12. The van der Waals surface area contributed by atoms with Crippen LogP contribution in [-0.4, -0.2) is 12.5 Å². The summed E-state index contributed by atoms with van der Waals surface area (Å²) < 4.78 is 5.55. The van der Waals surface area contributed by atoms with Crippen molar-refractivity contribution in [3.05, 3.63) is 87.4 Å². The minimum absolute atomic E-state index is 0.186. The zero-order valence-electron chi connectivity index (χ0n) is 16.3. The second kappa shape index (κ2) is 9.68. The predicted octanol–water partition coefficient (Wildman–Crippen LogP) is 6.24. The number of hydrogen-bond acceptors (Lipinski definition) is 3. The third-order valence-electron chi connectivity index (χ3n) is 4.47. The van der Waals surface area contributed by atoms with Gasteiger partial charge in [-0.3, -0.25) is 4.79 Å². The fourth-order valence-electron chi connectivity index (χ4n) is 2.76. The molecule has 6 heteroatoms. The normalized spacial score (nSPS) is 10.5. The molecule has 1 amide bonds. The van der Waals surface area contributed by atoms with Crippen LogP contribution in [0, 0.1) is 13.8 Å². The van der Waals surface area contributed by atoms with Gasteiger partial charge in [0.25, 0.3) is 5.91 Å². The van der Waals surface area contributed by atoms with Gasteiger partial charge in [0.05, 0.1) is 10.0 Å². The van der Waals surface area contributed by atoms with Crippen molar-refractivity contribution in [1.29, 1.82) is 0 Å². The van der Waals surface area contributed by atoms with Gasteiger partial charge in [-0.15, -0.1) is 0 Å². The largest absolute Gasteiger partial charge is 0.481 e. The van der Waals surface area contributed by atoms with Gasteiger partial charge in [-0.2, -0.15) is 0 Å². The highest BCUT2D eigenvalue weighted by molar-refractivity contribution is 6.37. The molecule has 150 valence electrons. The van der Waals surface area contributed by atoms with Gasteiger partial charge in [0.1, 0.15) is 0 Å². The number of para-hydroxylation sites is 1. The Balaban J connectivity index is 1.59. The van der Waals surface area contributed by atoms with E-state index in [0.29, 0.717) is 28.0 Å². The maximum atomic E-state index is 12.1. The molecule has 2 N–H and O–H groups in total. The molecule has 0 spiro atoms. The standard InChI is InChI=1S/C23H22Cl2N2O2/c1-15-8-9-19(10-16(15)2)26-13-17-11-20(24)23(21(25)12-17)29-14-22(28)27-18-6-4-3-5-7-18/h3-12,26H,13-14H2,1-2H3,(H,27,28). The summed E-state index contributed by atoms with van der Waals surface area (Å²) in [5, 5.41) is 6.83. The van der Waals surface area contributed by atoms with E-state index in [0.717, 1.165) is 11.3 Å². The van der Waals surface area contributed by atoms with Gasteiger partial charge < -0.3 is 15.4 Å². The van der Waals surface area contributed by atoms with Crippen molar-refractivity contribution in [2.24, 2.45) is 0 Å². The first-order valence-corrected chi connectivity index (χ1v) is 9.94. The summed E-state index contributed by atoms with van der Waals surface area (Å²) in [5.74, 6) is 0.00953. The van der Waals surface area contributed by atoms with E-state index >= 15 is 0 Å². The summed E-state index contributed by atoms with van der Waals surface area (Å²) in [4.78, 5) is 12.1. The number of nitrogens with one attached hydrogen (secondary N) is 2. The van der Waals surface area contributed by atoms with Crippen LogP contribution in [-0.2, 0) is 11.3 Å². The van der Waals surface area contributed by atoms with Crippen molar-refractivity contribution in [2.75, 3.05) is 17.2 Å². The maximum absolute atomic E-state index is 12.1. The summed E-state index contributed by atoms with van der Waals surface area (Å²) in [6.45, 7) is 4.54. The van der Waals surface area contributed by atoms with Crippen molar-refractivity contribution in [3.63, 3.8) is 0 Å². The van der Waals surface area contributed by atoms with Crippen LogP contribution in [0.2, 0.25) is 10.0 Å². The van der Waals surface area contributed by atoms with Crippen LogP contribution in [0.1, 0.15) is 16.7 Å². The van der Waals surface area contributed by atoms with Gasteiger partial charge in [0.2, 0.25) is 0 Å². The smallest absolute Gasteiger partial charge is 0.262 e. The minimum Gasteiger partial charge on any atom is -0.481 e. The highest BCUT2D eigenvalue weighted by atomic mass is 35.5. The van der Waals surface area contributed by atoms with E-state index in [-0.39, 0.29) is 12.5 Å². The fourth-order valence-corrected chi connectivity index (χ4v) is 3.41. The maximum Gasteiger partial charge on any atom is 0.262 e. The first-order valence-electron chi connectivity index (χ1n) is 9.19. The number of benzene rings is 3. The lowest BCUT2D eigenvalue weighted by Gasteiger charge is -2.13. The van der Waals surface area contributed by atoms with Crippen molar-refractivity contribution >= 4 is 40.5 Å². The van der Waals surface area contributed by atoms with E-state index in [4.69, 9.17) is 27.9 Å². The third kappa shape index (κ3) is 5.89. The molecule has 0 aliphatic heterocycles. The number of hydrogen-bond donors (Lipinski definition) is 2. The highest BCUT2D eigenvalue weighted by Gasteiger charge is 2.12. The number of rotatable bonds is 7. The number of aryl methyl sites for hydroxylation is 2. The Morgan fingerprint density at radius 3 is 2.24 bits per heavy atom. The lowest BCUT2D eigenvalue weighted by Crippen LogP contribution is -2.20. The predicted molar refractivity (Wildman–Crippen MR) is 120 cm³/mol. The van der Waals surface area contributed by atoms with Gasteiger partial charge in [-0.1, -0.05) is 47.5 Å². The number of anilines is 2. The van der Waals surface area contributed by atoms with Gasteiger partial charge in [-0.05, 0) is 66.9 Å². The van der Waals surface area contributed by atoms with Gasteiger partial charge in [-0.25, -0.2) is 0 Å². The lowest BCUT2D eigenvalue weighted by molar-refractivity contribution is -0.118. The van der Waals surface area contributed by atoms with Crippen molar-refractivity contribution in [1.82, 2.24) is 0 Å². The number of carbonyl (C=O) groups excluding carboxylic acids is 1. The Morgan fingerprint density at radius 1 is 0.897 bits per heavy atom. The average Bonchev–Trinajstić information content (AvgIpc) is 2.69. The number of halogens is 2. The van der Waals surface area contributed by atoms with Crippen molar-refractivity contribution in [2.45, 2.75) is 20.4 Å². The van der Waals surface area contributed by atoms with Gasteiger partial charge >= 0.3 is 0 Å². The Kier molecular flexibility index (Phi) is 7.02. The quantitative estimate of drug-likeness (QED) is 0.468. The van der Waals surface area contributed by atoms with Crippen molar-refractivity contribution < 1.29 is 9.53 Å². The van der Waals surface area contributed by atoms with Crippen LogP contribution in [0.15, 0.2) is 60.7 Å². The molecule has 0 radical (unpaired) electrons. The summed E-state index contributed by atoms with van der Waals surface area (Å²) in [6, 6.07) is 18.9. The molecule has 0 fully saturated rings. The molecule has 0 aliphatic carbocycles. The molecule has 0 bridgehead atoms. The molecule has 0 unspecified atom stereocenters. The van der Waals surface area contributed by atoms with Crippen LogP contribution in [0.4, 0.5) is 11.4 Å². The molecular weight excluding hydrogens is 407 g/mol. The lowest BCUT2D eigenvalue weighted by atomic mass is 10.1. The van der Waals surface area contributed by atoms with E-state index in [2.05, 4.69) is 36.6 Å². The summed E-state index contributed by atoms with van der Waals surface area (Å²) in [7, 11) is 0. The zero-order chi connectivity index (χ0) is 20.8. The Bertz CT molecular complexity index is 984. The molecule has 0 saturated carbocycles.